The third-order valence-electron chi connectivity index (χ3n) is 3.04. The predicted octanol–water partition coefficient (Wildman–Crippen LogP) is 1.90. The Morgan fingerprint density at radius 3 is 2.79 bits per heavy atom. The molecule has 0 aliphatic heterocycles. The van der Waals surface area contributed by atoms with Crippen molar-refractivity contribution >= 4 is 55.5 Å². The molecule has 0 atom stereocenters. The highest BCUT2D eigenvalue weighted by Gasteiger charge is 2.25. The van der Waals surface area contributed by atoms with Gasteiger partial charge in [-0.15, -0.1) is 5.10 Å². The van der Waals surface area contributed by atoms with Crippen molar-refractivity contribution in [1.29, 1.82) is 0 Å². The Labute approximate surface area is 155 Å². The number of ether oxygens (including phenoxy) is 1. The number of pyridine rings is 1. The number of aromatic nitrogens is 5. The Hall–Kier alpha value is -1.73. The zero-order valence-corrected chi connectivity index (χ0v) is 16.1. The van der Waals surface area contributed by atoms with Crippen LogP contribution in [0.3, 0.4) is 0 Å². The largest absolute Gasteiger partial charge is 0.467 e. The summed E-state index contributed by atoms with van der Waals surface area (Å²) in [5, 5.41) is 3.58. The van der Waals surface area contributed by atoms with Crippen LogP contribution in [0.1, 0.15) is 5.56 Å². The van der Waals surface area contributed by atoms with Crippen molar-refractivity contribution in [2.24, 2.45) is 0 Å². The van der Waals surface area contributed by atoms with Gasteiger partial charge >= 0.3 is 6.01 Å². The fourth-order valence-corrected chi connectivity index (χ4v) is 3.70. The molecular formula is C12H10ClIN6O3S. The number of nitrogens with one attached hydrogen (secondary N) is 1. The normalized spacial score (nSPS) is 11.7. The quantitative estimate of drug-likeness (QED) is 0.448. The summed E-state index contributed by atoms with van der Waals surface area (Å²) in [6, 6.07) is 1.76. The van der Waals surface area contributed by atoms with Crippen LogP contribution in [0.2, 0.25) is 5.15 Å². The zero-order valence-electron chi connectivity index (χ0n) is 12.4. The van der Waals surface area contributed by atoms with Crippen LogP contribution < -0.4 is 9.46 Å². The smallest absolute Gasteiger partial charge is 0.319 e. The lowest BCUT2D eigenvalue weighted by molar-refractivity contribution is 0.366. The third-order valence-corrected chi connectivity index (χ3v) is 5.22. The number of rotatable bonds is 4. The number of sulfonamides is 1. The summed E-state index contributed by atoms with van der Waals surface area (Å²) in [5.74, 6) is 0. The number of methoxy groups -OCH3 is 1. The molecule has 0 fully saturated rings. The van der Waals surface area contributed by atoms with Gasteiger partial charge in [0.2, 0.25) is 0 Å². The third kappa shape index (κ3) is 2.98. The Bertz CT molecular complexity index is 1020. The minimum atomic E-state index is -4.07. The Morgan fingerprint density at radius 1 is 1.38 bits per heavy atom. The van der Waals surface area contributed by atoms with Crippen molar-refractivity contribution in [1.82, 2.24) is 24.6 Å². The summed E-state index contributed by atoms with van der Waals surface area (Å²) < 4.78 is 34.4. The molecule has 9 nitrogen and oxygen atoms in total. The van der Waals surface area contributed by atoms with E-state index in [1.54, 1.807) is 13.0 Å². The first-order valence-corrected chi connectivity index (χ1v) is 9.36. The number of hydrogen-bond acceptors (Lipinski definition) is 7. The maximum atomic E-state index is 12.6. The second-order valence-electron chi connectivity index (χ2n) is 4.62. The molecule has 3 rings (SSSR count). The summed E-state index contributed by atoms with van der Waals surface area (Å²) in [6.45, 7) is 1.71. The molecular weight excluding hydrogens is 471 g/mol. The minimum Gasteiger partial charge on any atom is -0.467 e. The van der Waals surface area contributed by atoms with Gasteiger partial charge in [-0.3, -0.25) is 4.72 Å². The molecule has 24 heavy (non-hydrogen) atoms. The van der Waals surface area contributed by atoms with Gasteiger partial charge in [0.1, 0.15) is 0 Å². The van der Waals surface area contributed by atoms with Gasteiger partial charge in [0.15, 0.2) is 10.8 Å². The first kappa shape index (κ1) is 17.1. The van der Waals surface area contributed by atoms with Crippen molar-refractivity contribution in [2.45, 2.75) is 12.1 Å². The molecule has 0 saturated carbocycles. The van der Waals surface area contributed by atoms with Gasteiger partial charge in [-0.2, -0.15) is 17.9 Å². The van der Waals surface area contributed by atoms with Crippen molar-refractivity contribution in [2.75, 3.05) is 11.8 Å². The topological polar surface area (TPSA) is 111 Å². The van der Waals surface area contributed by atoms with Crippen LogP contribution in [0.15, 0.2) is 23.6 Å². The van der Waals surface area contributed by atoms with Gasteiger partial charge < -0.3 is 4.74 Å². The van der Waals surface area contributed by atoms with Gasteiger partial charge in [-0.1, -0.05) is 11.6 Å². The summed E-state index contributed by atoms with van der Waals surface area (Å²) in [5.41, 5.74) is 1.12. The van der Waals surface area contributed by atoms with E-state index in [9.17, 15) is 8.42 Å². The molecule has 1 N–H and O–H groups in total. The average Bonchev–Trinajstić information content (AvgIpc) is 2.99. The van der Waals surface area contributed by atoms with Crippen LogP contribution in [0.4, 0.5) is 5.69 Å². The van der Waals surface area contributed by atoms with E-state index < -0.39 is 15.2 Å². The number of halogens is 2. The molecule has 0 unspecified atom stereocenters. The maximum absolute atomic E-state index is 12.6. The second-order valence-corrected chi connectivity index (χ2v) is 7.72. The molecule has 0 saturated heterocycles. The van der Waals surface area contributed by atoms with E-state index >= 15 is 0 Å². The fraction of sp³-hybridized carbons (Fsp3) is 0.167. The number of aryl methyl sites for hydroxylation is 1. The summed E-state index contributed by atoms with van der Waals surface area (Å²) in [6.07, 6.45) is 2.99. The lowest BCUT2D eigenvalue weighted by Gasteiger charge is -2.08. The predicted molar refractivity (Wildman–Crippen MR) is 94.8 cm³/mol. The molecule has 0 aliphatic carbocycles. The standard InChI is InChI=1S/C12H10ClIN6O3S/c1-6-3-4-15-9(13)8(6)19-24(21,22)11-17-10-7(14)5-16-12(23-2)20(10)18-11/h3-5,19H,1-2H3. The van der Waals surface area contributed by atoms with Crippen molar-refractivity contribution in [3.63, 3.8) is 0 Å². The van der Waals surface area contributed by atoms with Crippen LogP contribution in [0, 0.1) is 10.5 Å². The van der Waals surface area contributed by atoms with E-state index in [-0.39, 0.29) is 16.9 Å². The Morgan fingerprint density at radius 2 is 2.12 bits per heavy atom. The highest BCUT2D eigenvalue weighted by Crippen LogP contribution is 2.26. The van der Waals surface area contributed by atoms with Crippen LogP contribution in [-0.2, 0) is 10.0 Å². The van der Waals surface area contributed by atoms with Crippen molar-refractivity contribution in [3.05, 3.63) is 32.7 Å². The summed E-state index contributed by atoms with van der Waals surface area (Å²) in [4.78, 5) is 11.9. The minimum absolute atomic E-state index is 0.0381. The van der Waals surface area contributed by atoms with E-state index in [1.807, 2.05) is 22.6 Å². The number of fused-ring (bicyclic) bond motifs is 1. The van der Waals surface area contributed by atoms with Crippen molar-refractivity contribution < 1.29 is 13.2 Å². The fourth-order valence-electron chi connectivity index (χ4n) is 1.89. The lowest BCUT2D eigenvalue weighted by atomic mass is 10.3. The van der Waals surface area contributed by atoms with E-state index in [1.165, 1.54) is 24.0 Å². The Balaban J connectivity index is 2.11. The van der Waals surface area contributed by atoms with E-state index in [4.69, 9.17) is 16.3 Å². The molecule has 0 aliphatic rings. The van der Waals surface area contributed by atoms with Crippen LogP contribution in [-0.4, -0.2) is 40.1 Å². The van der Waals surface area contributed by atoms with Gasteiger partial charge in [0, 0.05) is 12.4 Å². The van der Waals surface area contributed by atoms with Gasteiger partial charge in [0.05, 0.1) is 16.4 Å². The second kappa shape index (κ2) is 6.29. The highest BCUT2D eigenvalue weighted by molar-refractivity contribution is 14.1. The highest BCUT2D eigenvalue weighted by atomic mass is 127. The first-order chi connectivity index (χ1) is 11.3. The van der Waals surface area contributed by atoms with E-state index in [2.05, 4.69) is 24.8 Å². The number of hydrogen-bond donors (Lipinski definition) is 1. The number of anilines is 1. The molecule has 3 heterocycles. The molecule has 3 aromatic rings. The molecule has 126 valence electrons. The van der Waals surface area contributed by atoms with Gasteiger partial charge in [0.25, 0.3) is 15.2 Å². The Kier molecular flexibility index (Phi) is 4.48. The SMILES string of the molecule is COc1ncc(I)c2nc(S(=O)(=O)Nc3c(C)ccnc3Cl)nn12. The maximum Gasteiger partial charge on any atom is 0.319 e. The van der Waals surface area contributed by atoms with Crippen LogP contribution in [0.25, 0.3) is 5.65 Å². The van der Waals surface area contributed by atoms with E-state index in [0.29, 0.717) is 14.8 Å². The first-order valence-electron chi connectivity index (χ1n) is 6.42. The van der Waals surface area contributed by atoms with Crippen molar-refractivity contribution in [3.8, 4) is 6.01 Å². The molecule has 0 amide bonds. The molecule has 12 heteroatoms. The molecule has 0 radical (unpaired) electrons. The van der Waals surface area contributed by atoms with E-state index in [0.717, 1.165) is 0 Å². The zero-order chi connectivity index (χ0) is 17.5. The van der Waals surface area contributed by atoms with Gasteiger partial charge in [-0.25, -0.2) is 9.97 Å². The monoisotopic (exact) mass is 480 g/mol. The summed E-state index contributed by atoms with van der Waals surface area (Å²) >= 11 is 7.94. The van der Waals surface area contributed by atoms with Gasteiger partial charge in [-0.05, 0) is 41.1 Å². The molecule has 3 aromatic heterocycles. The lowest BCUT2D eigenvalue weighted by Crippen LogP contribution is -2.16. The molecule has 0 bridgehead atoms. The summed E-state index contributed by atoms with van der Waals surface area (Å²) in [7, 11) is -2.66. The van der Waals surface area contributed by atoms with Crippen LogP contribution in [0.5, 0.6) is 6.01 Å². The average molecular weight is 481 g/mol. The molecule has 0 aromatic carbocycles. The number of nitrogens with zero attached hydrogens (tertiary/aromatic N) is 5. The van der Waals surface area contributed by atoms with Crippen LogP contribution >= 0.6 is 34.2 Å². The molecule has 0 spiro atoms.